The molecule has 0 bridgehead atoms. The molecule has 1 aliphatic heterocycles. The molecule has 98 valence electrons. The van der Waals surface area contributed by atoms with Crippen molar-refractivity contribution in [2.24, 2.45) is 0 Å². The van der Waals surface area contributed by atoms with Crippen molar-refractivity contribution < 1.29 is 14.3 Å². The normalized spacial score (nSPS) is 19.4. The largest absolute Gasteiger partial charge is 0.373 e. The van der Waals surface area contributed by atoms with Gasteiger partial charge < -0.3 is 9.47 Å². The van der Waals surface area contributed by atoms with E-state index in [4.69, 9.17) is 9.47 Å². The molecule has 3 heteroatoms. The number of methoxy groups -OCH3 is 1. The van der Waals surface area contributed by atoms with Crippen LogP contribution in [0.4, 0.5) is 0 Å². The molecule has 0 saturated heterocycles. The number of carbonyl (C=O) groups excluding carboxylic acids is 1. The SMILES string of the molecule is COC(C)(C)C(=O)CC1OCCc2ccccc21. The number of Topliss-reactive ketones (excluding diaryl/α,β-unsaturated/α-hetero) is 1. The predicted molar refractivity (Wildman–Crippen MR) is 69.6 cm³/mol. The topological polar surface area (TPSA) is 35.5 Å². The zero-order chi connectivity index (χ0) is 13.2. The van der Waals surface area contributed by atoms with Gasteiger partial charge in [-0.25, -0.2) is 0 Å². The second kappa shape index (κ2) is 5.21. The summed E-state index contributed by atoms with van der Waals surface area (Å²) in [6.45, 7) is 4.27. The summed E-state index contributed by atoms with van der Waals surface area (Å²) in [4.78, 5) is 12.2. The summed E-state index contributed by atoms with van der Waals surface area (Å²) in [6.07, 6.45) is 1.17. The molecule has 0 N–H and O–H groups in total. The van der Waals surface area contributed by atoms with Gasteiger partial charge in [0.1, 0.15) is 5.60 Å². The minimum atomic E-state index is -0.740. The lowest BCUT2D eigenvalue weighted by molar-refractivity contribution is -0.140. The Morgan fingerprint density at radius 2 is 2.17 bits per heavy atom. The van der Waals surface area contributed by atoms with Crippen LogP contribution >= 0.6 is 0 Å². The predicted octanol–water partition coefficient (Wildman–Crippen LogP) is 2.68. The molecule has 0 saturated carbocycles. The van der Waals surface area contributed by atoms with Crippen LogP contribution in [0.5, 0.6) is 0 Å². The first kappa shape index (κ1) is 13.2. The van der Waals surface area contributed by atoms with E-state index in [1.165, 1.54) is 5.56 Å². The lowest BCUT2D eigenvalue weighted by Gasteiger charge is -2.28. The summed E-state index contributed by atoms with van der Waals surface area (Å²) >= 11 is 0. The van der Waals surface area contributed by atoms with E-state index in [-0.39, 0.29) is 11.9 Å². The Hall–Kier alpha value is -1.19. The second-order valence-corrected chi connectivity index (χ2v) is 5.15. The Bertz CT molecular complexity index is 437. The van der Waals surface area contributed by atoms with Gasteiger partial charge in [-0.3, -0.25) is 4.79 Å². The van der Waals surface area contributed by atoms with Crippen LogP contribution in [-0.2, 0) is 20.7 Å². The first-order chi connectivity index (χ1) is 8.54. The van der Waals surface area contributed by atoms with Crippen LogP contribution in [0.2, 0.25) is 0 Å². The first-order valence-corrected chi connectivity index (χ1v) is 6.32. The molecule has 0 radical (unpaired) electrons. The first-order valence-electron chi connectivity index (χ1n) is 6.32. The summed E-state index contributed by atoms with van der Waals surface area (Å²) in [5.41, 5.74) is 1.69. The summed E-state index contributed by atoms with van der Waals surface area (Å²) < 4.78 is 11.0. The fourth-order valence-electron chi connectivity index (χ4n) is 2.17. The zero-order valence-corrected chi connectivity index (χ0v) is 11.2. The van der Waals surface area contributed by atoms with Gasteiger partial charge in [-0.15, -0.1) is 0 Å². The molecule has 0 fully saturated rings. The molecule has 1 atom stereocenters. The maximum absolute atomic E-state index is 12.2. The maximum atomic E-state index is 12.2. The molecule has 0 aromatic heterocycles. The number of ether oxygens (including phenoxy) is 2. The van der Waals surface area contributed by atoms with Crippen molar-refractivity contribution >= 4 is 5.78 Å². The van der Waals surface area contributed by atoms with E-state index in [1.807, 2.05) is 18.2 Å². The zero-order valence-electron chi connectivity index (χ0n) is 11.2. The van der Waals surface area contributed by atoms with Gasteiger partial charge in [-0.1, -0.05) is 24.3 Å². The third kappa shape index (κ3) is 2.62. The van der Waals surface area contributed by atoms with Gasteiger partial charge in [0.2, 0.25) is 0 Å². The van der Waals surface area contributed by atoms with E-state index in [0.29, 0.717) is 13.0 Å². The van der Waals surface area contributed by atoms with E-state index in [9.17, 15) is 4.79 Å². The fraction of sp³-hybridized carbons (Fsp3) is 0.533. The van der Waals surface area contributed by atoms with Crippen molar-refractivity contribution in [3.8, 4) is 0 Å². The lowest BCUT2D eigenvalue weighted by Crippen LogP contribution is -2.35. The highest BCUT2D eigenvalue weighted by Gasteiger charge is 2.31. The number of ketones is 1. The van der Waals surface area contributed by atoms with Crippen molar-refractivity contribution in [2.45, 2.75) is 38.4 Å². The van der Waals surface area contributed by atoms with E-state index in [2.05, 4.69) is 6.07 Å². The van der Waals surface area contributed by atoms with Crippen LogP contribution in [0.15, 0.2) is 24.3 Å². The standard InChI is InChI=1S/C15H20O3/c1-15(2,17-3)14(16)10-13-12-7-5-4-6-11(12)8-9-18-13/h4-7,13H,8-10H2,1-3H3. The van der Waals surface area contributed by atoms with Gasteiger partial charge in [0.05, 0.1) is 12.7 Å². The van der Waals surface area contributed by atoms with Gasteiger partial charge in [0.15, 0.2) is 5.78 Å². The molecule has 0 spiro atoms. The second-order valence-electron chi connectivity index (χ2n) is 5.15. The van der Waals surface area contributed by atoms with Gasteiger partial charge in [0, 0.05) is 13.5 Å². The van der Waals surface area contributed by atoms with Crippen LogP contribution in [0, 0.1) is 0 Å². The van der Waals surface area contributed by atoms with E-state index >= 15 is 0 Å². The Morgan fingerprint density at radius 3 is 2.89 bits per heavy atom. The van der Waals surface area contributed by atoms with Gasteiger partial charge in [-0.2, -0.15) is 0 Å². The Kier molecular flexibility index (Phi) is 3.83. The number of hydrogen-bond acceptors (Lipinski definition) is 3. The molecule has 1 aliphatic rings. The van der Waals surface area contributed by atoms with Crippen LogP contribution in [-0.4, -0.2) is 25.1 Å². The number of fused-ring (bicyclic) bond motifs is 1. The third-order valence-corrected chi connectivity index (χ3v) is 3.65. The molecule has 1 aromatic carbocycles. The molecular weight excluding hydrogens is 228 g/mol. The Morgan fingerprint density at radius 1 is 1.44 bits per heavy atom. The molecule has 1 aromatic rings. The van der Waals surface area contributed by atoms with Crippen molar-refractivity contribution in [1.29, 1.82) is 0 Å². The van der Waals surface area contributed by atoms with Gasteiger partial charge >= 0.3 is 0 Å². The summed E-state index contributed by atoms with van der Waals surface area (Å²) in [5, 5.41) is 0. The molecule has 0 aliphatic carbocycles. The minimum absolute atomic E-state index is 0.0757. The summed E-state index contributed by atoms with van der Waals surface area (Å²) in [6, 6.07) is 8.18. The molecule has 1 unspecified atom stereocenters. The molecule has 2 rings (SSSR count). The number of hydrogen-bond donors (Lipinski definition) is 0. The van der Waals surface area contributed by atoms with Gasteiger partial charge in [-0.05, 0) is 31.4 Å². The van der Waals surface area contributed by atoms with Crippen LogP contribution < -0.4 is 0 Å². The van der Waals surface area contributed by atoms with Crippen molar-refractivity contribution in [1.82, 2.24) is 0 Å². The highest BCUT2D eigenvalue weighted by molar-refractivity contribution is 5.87. The molecule has 18 heavy (non-hydrogen) atoms. The van der Waals surface area contributed by atoms with Crippen molar-refractivity contribution in [3.63, 3.8) is 0 Å². The van der Waals surface area contributed by atoms with E-state index < -0.39 is 5.60 Å². The quantitative estimate of drug-likeness (QED) is 0.821. The highest BCUT2D eigenvalue weighted by atomic mass is 16.5. The number of benzene rings is 1. The Balaban J connectivity index is 2.15. The summed E-state index contributed by atoms with van der Waals surface area (Å²) in [5.74, 6) is 0.0757. The van der Waals surface area contributed by atoms with E-state index in [0.717, 1.165) is 12.0 Å². The third-order valence-electron chi connectivity index (χ3n) is 3.65. The van der Waals surface area contributed by atoms with Crippen LogP contribution in [0.3, 0.4) is 0 Å². The maximum Gasteiger partial charge on any atom is 0.166 e. The number of carbonyl (C=O) groups is 1. The summed E-state index contributed by atoms with van der Waals surface area (Å²) in [7, 11) is 1.56. The highest BCUT2D eigenvalue weighted by Crippen LogP contribution is 2.31. The van der Waals surface area contributed by atoms with E-state index in [1.54, 1.807) is 21.0 Å². The monoisotopic (exact) mass is 248 g/mol. The lowest BCUT2D eigenvalue weighted by atomic mass is 9.91. The average molecular weight is 248 g/mol. The average Bonchev–Trinajstić information content (AvgIpc) is 2.39. The van der Waals surface area contributed by atoms with Crippen molar-refractivity contribution in [2.75, 3.05) is 13.7 Å². The van der Waals surface area contributed by atoms with Crippen molar-refractivity contribution in [3.05, 3.63) is 35.4 Å². The fourth-order valence-corrected chi connectivity index (χ4v) is 2.17. The Labute approximate surface area is 108 Å². The molecule has 1 heterocycles. The molecule has 0 amide bonds. The van der Waals surface area contributed by atoms with Gasteiger partial charge in [0.25, 0.3) is 0 Å². The van der Waals surface area contributed by atoms with Crippen LogP contribution in [0.1, 0.15) is 37.5 Å². The number of rotatable bonds is 4. The van der Waals surface area contributed by atoms with Crippen LogP contribution in [0.25, 0.3) is 0 Å². The smallest absolute Gasteiger partial charge is 0.166 e. The minimum Gasteiger partial charge on any atom is -0.373 e. The molecule has 3 nitrogen and oxygen atoms in total. The molecular formula is C15H20O3.